The first kappa shape index (κ1) is 28.3. The van der Waals surface area contributed by atoms with Gasteiger partial charge in [-0.2, -0.15) is 0 Å². The van der Waals surface area contributed by atoms with Crippen molar-refractivity contribution < 1.29 is 48.3 Å². The van der Waals surface area contributed by atoms with Crippen LogP contribution in [0.4, 0.5) is 0 Å². The molecule has 1 amide bonds. The molecule has 0 radical (unpaired) electrons. The van der Waals surface area contributed by atoms with Crippen LogP contribution in [0, 0.1) is 0 Å². The molecule has 0 bridgehead atoms. The number of fused-ring (bicyclic) bond motifs is 1. The normalized spacial score (nSPS) is 16.8. The molecule has 1 aliphatic heterocycles. The van der Waals surface area contributed by atoms with Gasteiger partial charge in [0.1, 0.15) is 12.1 Å². The largest absolute Gasteiger partial charge is 0.504 e. The Bertz CT molecular complexity index is 1210. The Hall–Kier alpha value is -4.25. The summed E-state index contributed by atoms with van der Waals surface area (Å²) in [4.78, 5) is 36.0. The Morgan fingerprint density at radius 3 is 2.42 bits per heavy atom. The fraction of sp³-hybridized carbons (Fsp3) is 0.370. The lowest BCUT2D eigenvalue weighted by atomic mass is 9.90. The summed E-state index contributed by atoms with van der Waals surface area (Å²) in [5, 5.41) is 22.7. The number of aromatic hydroxyl groups is 1. The van der Waals surface area contributed by atoms with Gasteiger partial charge < -0.3 is 39.2 Å². The Morgan fingerprint density at radius 2 is 1.79 bits per heavy atom. The number of amides is 1. The molecule has 0 saturated carbocycles. The number of rotatable bonds is 11. The monoisotopic (exact) mass is 529 g/mol. The minimum atomic E-state index is -1.03. The van der Waals surface area contributed by atoms with E-state index in [4.69, 9.17) is 18.9 Å². The highest BCUT2D eigenvalue weighted by Crippen LogP contribution is 2.51. The van der Waals surface area contributed by atoms with Crippen molar-refractivity contribution in [3.05, 3.63) is 53.1 Å². The van der Waals surface area contributed by atoms with E-state index in [1.54, 1.807) is 24.3 Å². The second-order valence-corrected chi connectivity index (χ2v) is 8.43. The van der Waals surface area contributed by atoms with Gasteiger partial charge in [-0.25, -0.2) is 4.79 Å². The summed E-state index contributed by atoms with van der Waals surface area (Å²) in [5.74, 6) is -1.12. The summed E-state index contributed by atoms with van der Waals surface area (Å²) in [7, 11) is 5.34. The molecule has 0 fully saturated rings. The lowest BCUT2D eigenvalue weighted by Crippen LogP contribution is -2.41. The number of ether oxygens (including phenoxy) is 5. The number of aliphatic hydroxyl groups excluding tert-OH is 1. The number of benzene rings is 2. The molecular formula is C27H31NO10. The molecule has 1 heterocycles. The van der Waals surface area contributed by atoms with E-state index in [1.807, 2.05) is 0 Å². The summed E-state index contributed by atoms with van der Waals surface area (Å²) in [6, 6.07) is 7.24. The molecule has 204 valence electrons. The third-order valence-corrected chi connectivity index (χ3v) is 6.16. The molecule has 0 aliphatic carbocycles. The van der Waals surface area contributed by atoms with E-state index in [-0.39, 0.29) is 30.9 Å². The SMILES string of the molecule is COC(=O)CCC(NC(=O)C=Cc1cc(OC)c2c(c1)C(CO)C(c1ccc(O)c(OC)c1)O2)C(=O)OC. The first-order chi connectivity index (χ1) is 18.3. The Kier molecular flexibility index (Phi) is 9.55. The van der Waals surface area contributed by atoms with E-state index in [1.165, 1.54) is 46.7 Å². The quantitative estimate of drug-likeness (QED) is 0.292. The van der Waals surface area contributed by atoms with Crippen LogP contribution in [-0.4, -0.2) is 69.1 Å². The molecule has 0 spiro atoms. The van der Waals surface area contributed by atoms with Crippen molar-refractivity contribution in [2.45, 2.75) is 30.9 Å². The van der Waals surface area contributed by atoms with Gasteiger partial charge in [-0.15, -0.1) is 0 Å². The molecule has 11 heteroatoms. The number of nitrogens with one attached hydrogen (secondary N) is 1. The highest BCUT2D eigenvalue weighted by atomic mass is 16.5. The summed E-state index contributed by atoms with van der Waals surface area (Å²) in [5.41, 5.74) is 1.95. The molecule has 0 aromatic heterocycles. The number of esters is 2. The zero-order valence-corrected chi connectivity index (χ0v) is 21.6. The first-order valence-corrected chi connectivity index (χ1v) is 11.8. The zero-order valence-electron chi connectivity index (χ0n) is 21.6. The van der Waals surface area contributed by atoms with Crippen LogP contribution >= 0.6 is 0 Å². The lowest BCUT2D eigenvalue weighted by Gasteiger charge is -2.18. The van der Waals surface area contributed by atoms with E-state index in [0.717, 1.165) is 0 Å². The third-order valence-electron chi connectivity index (χ3n) is 6.16. The topological polar surface area (TPSA) is 150 Å². The van der Waals surface area contributed by atoms with Crippen LogP contribution < -0.4 is 19.5 Å². The minimum Gasteiger partial charge on any atom is -0.504 e. The van der Waals surface area contributed by atoms with Crippen LogP contribution in [0.15, 0.2) is 36.4 Å². The van der Waals surface area contributed by atoms with Gasteiger partial charge in [0.25, 0.3) is 0 Å². The smallest absolute Gasteiger partial charge is 0.328 e. The van der Waals surface area contributed by atoms with Crippen molar-refractivity contribution in [1.29, 1.82) is 0 Å². The molecule has 2 aromatic rings. The molecule has 3 atom stereocenters. The predicted molar refractivity (Wildman–Crippen MR) is 135 cm³/mol. The second kappa shape index (κ2) is 12.8. The van der Waals surface area contributed by atoms with Crippen LogP contribution in [-0.2, 0) is 23.9 Å². The maximum absolute atomic E-state index is 12.5. The number of hydrogen-bond donors (Lipinski definition) is 3. The lowest BCUT2D eigenvalue weighted by molar-refractivity contribution is -0.146. The van der Waals surface area contributed by atoms with Crippen LogP contribution in [0.1, 0.15) is 41.6 Å². The number of phenols is 1. The number of carbonyl (C=O) groups is 3. The predicted octanol–water partition coefficient (Wildman–Crippen LogP) is 2.24. The highest BCUT2D eigenvalue weighted by Gasteiger charge is 2.38. The van der Waals surface area contributed by atoms with Crippen molar-refractivity contribution in [3.63, 3.8) is 0 Å². The average Bonchev–Trinajstić information content (AvgIpc) is 3.31. The number of carbonyl (C=O) groups excluding carboxylic acids is 3. The van der Waals surface area contributed by atoms with Gasteiger partial charge in [-0.05, 0) is 47.9 Å². The van der Waals surface area contributed by atoms with Crippen molar-refractivity contribution in [2.75, 3.05) is 35.0 Å². The van der Waals surface area contributed by atoms with Crippen LogP contribution in [0.5, 0.6) is 23.0 Å². The first-order valence-electron chi connectivity index (χ1n) is 11.8. The fourth-order valence-corrected chi connectivity index (χ4v) is 4.18. The number of aliphatic hydroxyl groups is 1. The fourth-order valence-electron chi connectivity index (χ4n) is 4.18. The molecule has 3 rings (SSSR count). The molecule has 3 N–H and O–H groups in total. The van der Waals surface area contributed by atoms with E-state index in [0.29, 0.717) is 28.2 Å². The summed E-state index contributed by atoms with van der Waals surface area (Å²) in [6.07, 6.45) is 2.14. The Balaban J connectivity index is 1.83. The molecule has 3 unspecified atom stereocenters. The molecular weight excluding hydrogens is 498 g/mol. The van der Waals surface area contributed by atoms with Gasteiger partial charge in [0.05, 0.1) is 41.0 Å². The van der Waals surface area contributed by atoms with Crippen molar-refractivity contribution in [1.82, 2.24) is 5.32 Å². The number of methoxy groups -OCH3 is 4. The summed E-state index contributed by atoms with van der Waals surface area (Å²) >= 11 is 0. The van der Waals surface area contributed by atoms with Crippen LogP contribution in [0.3, 0.4) is 0 Å². The minimum absolute atomic E-state index is 0.0182. The van der Waals surface area contributed by atoms with E-state index >= 15 is 0 Å². The molecule has 11 nitrogen and oxygen atoms in total. The number of phenolic OH excluding ortho intramolecular Hbond substituents is 1. The van der Waals surface area contributed by atoms with E-state index in [9.17, 15) is 24.6 Å². The Labute approximate surface area is 219 Å². The zero-order chi connectivity index (χ0) is 27.8. The molecule has 2 aromatic carbocycles. The van der Waals surface area contributed by atoms with Gasteiger partial charge in [-0.1, -0.05) is 6.07 Å². The molecule has 1 aliphatic rings. The van der Waals surface area contributed by atoms with Gasteiger partial charge >= 0.3 is 11.9 Å². The van der Waals surface area contributed by atoms with Crippen LogP contribution in [0.25, 0.3) is 6.08 Å². The van der Waals surface area contributed by atoms with Crippen molar-refractivity contribution >= 4 is 23.9 Å². The number of hydrogen-bond acceptors (Lipinski definition) is 10. The maximum atomic E-state index is 12.5. The second-order valence-electron chi connectivity index (χ2n) is 8.43. The van der Waals surface area contributed by atoms with Crippen LogP contribution in [0.2, 0.25) is 0 Å². The maximum Gasteiger partial charge on any atom is 0.328 e. The summed E-state index contributed by atoms with van der Waals surface area (Å²) in [6.45, 7) is -0.237. The van der Waals surface area contributed by atoms with Crippen molar-refractivity contribution in [2.24, 2.45) is 0 Å². The van der Waals surface area contributed by atoms with Crippen molar-refractivity contribution in [3.8, 4) is 23.0 Å². The highest BCUT2D eigenvalue weighted by molar-refractivity contribution is 5.94. The standard InChI is InChI=1S/C27H31NO10/c1-34-21-13-16(6-8-20(21)30)25-18(14-29)17-11-15(12-22(35-2)26(17)38-25)5-9-23(31)28-19(27(33)37-4)7-10-24(32)36-3/h5-6,8-9,11-13,18-19,25,29-30H,7,10,14H2,1-4H3,(H,28,31). The van der Waals surface area contributed by atoms with Gasteiger partial charge in [0.2, 0.25) is 5.91 Å². The van der Waals surface area contributed by atoms with Gasteiger partial charge in [-0.3, -0.25) is 9.59 Å². The van der Waals surface area contributed by atoms with E-state index in [2.05, 4.69) is 10.1 Å². The average molecular weight is 530 g/mol. The third kappa shape index (κ3) is 6.35. The molecule has 0 saturated heterocycles. The van der Waals surface area contributed by atoms with Gasteiger partial charge in [0.15, 0.2) is 23.0 Å². The Morgan fingerprint density at radius 1 is 1.05 bits per heavy atom. The summed E-state index contributed by atoms with van der Waals surface area (Å²) < 4.78 is 26.2. The van der Waals surface area contributed by atoms with E-state index < -0.39 is 35.9 Å². The van der Waals surface area contributed by atoms with Gasteiger partial charge in [0, 0.05) is 18.1 Å². The molecule has 38 heavy (non-hydrogen) atoms.